The molecule has 1 aliphatic heterocycles. The van der Waals surface area contributed by atoms with Gasteiger partial charge in [-0.3, -0.25) is 19.4 Å². The van der Waals surface area contributed by atoms with E-state index in [-0.39, 0.29) is 5.57 Å². The van der Waals surface area contributed by atoms with E-state index in [9.17, 15) is 14.4 Å². The summed E-state index contributed by atoms with van der Waals surface area (Å²) < 4.78 is 12.1. The second-order valence-corrected chi connectivity index (χ2v) is 7.39. The zero-order valence-corrected chi connectivity index (χ0v) is 17.6. The molecule has 0 aromatic heterocycles. The highest BCUT2D eigenvalue weighted by atomic mass is 79.9. The highest BCUT2D eigenvalue weighted by molar-refractivity contribution is 9.10. The Bertz CT molecular complexity index is 778. The molecule has 1 aromatic carbocycles. The van der Waals surface area contributed by atoms with Crippen LogP contribution in [-0.4, -0.2) is 55.0 Å². The molecule has 27 heavy (non-hydrogen) atoms. The monoisotopic (exact) mass is 438 g/mol. The molecule has 0 spiro atoms. The Kier molecular flexibility index (Phi) is 6.64. The number of benzene rings is 1. The van der Waals surface area contributed by atoms with Gasteiger partial charge in [0.15, 0.2) is 11.5 Å². The number of ether oxygens (including phenoxy) is 2. The largest absolute Gasteiger partial charge is 0.490 e. The first-order chi connectivity index (χ1) is 12.7. The summed E-state index contributed by atoms with van der Waals surface area (Å²) in [5, 5.41) is 0. The van der Waals surface area contributed by atoms with Gasteiger partial charge in [0.05, 0.1) is 17.7 Å². The number of hydrogen-bond acceptors (Lipinski definition) is 5. The quantitative estimate of drug-likeness (QED) is 0.502. The predicted octanol–water partition coefficient (Wildman–Crippen LogP) is 3.32. The summed E-state index contributed by atoms with van der Waals surface area (Å²) in [6.07, 6.45) is 1.45. The van der Waals surface area contributed by atoms with Crippen LogP contribution in [0.1, 0.15) is 26.3 Å². The third-order valence-corrected chi connectivity index (χ3v) is 4.44. The first kappa shape index (κ1) is 21.0. The number of hydrogen-bond donors (Lipinski definition) is 0. The molecule has 0 unspecified atom stereocenters. The van der Waals surface area contributed by atoms with Crippen molar-refractivity contribution in [1.29, 1.82) is 0 Å². The minimum atomic E-state index is -0.657. The highest BCUT2D eigenvalue weighted by Crippen LogP contribution is 2.38. The Morgan fingerprint density at radius 2 is 1.67 bits per heavy atom. The lowest BCUT2D eigenvalue weighted by Gasteiger charge is -2.28. The lowest BCUT2D eigenvalue weighted by atomic mass is 10.1. The van der Waals surface area contributed by atoms with Crippen LogP contribution in [-0.2, 0) is 9.59 Å². The second-order valence-electron chi connectivity index (χ2n) is 6.54. The van der Waals surface area contributed by atoms with Gasteiger partial charge in [-0.2, -0.15) is 0 Å². The maximum Gasteiger partial charge on any atom is 0.333 e. The van der Waals surface area contributed by atoms with Gasteiger partial charge < -0.3 is 9.47 Å². The van der Waals surface area contributed by atoms with Crippen molar-refractivity contribution >= 4 is 39.9 Å². The zero-order chi connectivity index (χ0) is 20.3. The summed E-state index contributed by atoms with van der Waals surface area (Å²) in [5.74, 6) is 0.134. The van der Waals surface area contributed by atoms with E-state index < -0.39 is 17.8 Å². The van der Waals surface area contributed by atoms with E-state index >= 15 is 0 Å². The topological polar surface area (TPSA) is 76.2 Å². The summed E-state index contributed by atoms with van der Waals surface area (Å²) >= 11 is 3.47. The van der Waals surface area contributed by atoms with Crippen molar-refractivity contribution < 1.29 is 23.9 Å². The summed E-state index contributed by atoms with van der Waals surface area (Å²) in [6, 6.07) is 2.78. The van der Waals surface area contributed by atoms with E-state index in [0.717, 1.165) is 9.80 Å². The molecular formula is C19H23BrN2O5. The molecule has 1 saturated heterocycles. The lowest BCUT2D eigenvalue weighted by Crippen LogP contribution is -2.52. The standard InChI is InChI=1S/C19H23BrN2O5/c1-6-26-15-9-12(8-14(20)16(15)27-10-11(2)3)7-13-17(23)21(4)19(25)22(5)18(13)24/h7-9,11H,6,10H2,1-5H3. The van der Waals surface area contributed by atoms with Crippen LogP contribution in [0, 0.1) is 5.92 Å². The number of imide groups is 2. The van der Waals surface area contributed by atoms with Crippen LogP contribution in [0.15, 0.2) is 22.2 Å². The number of nitrogens with zero attached hydrogens (tertiary/aromatic N) is 2. The second kappa shape index (κ2) is 8.56. The van der Waals surface area contributed by atoms with E-state index in [2.05, 4.69) is 15.9 Å². The Labute approximate surface area is 167 Å². The molecule has 2 rings (SSSR count). The number of amides is 4. The fourth-order valence-corrected chi connectivity index (χ4v) is 3.04. The molecule has 7 nitrogen and oxygen atoms in total. The van der Waals surface area contributed by atoms with Crippen LogP contribution < -0.4 is 9.47 Å². The predicted molar refractivity (Wildman–Crippen MR) is 105 cm³/mol. The van der Waals surface area contributed by atoms with Crippen molar-refractivity contribution in [2.75, 3.05) is 27.3 Å². The van der Waals surface area contributed by atoms with Crippen LogP contribution in [0.3, 0.4) is 0 Å². The maximum atomic E-state index is 12.4. The van der Waals surface area contributed by atoms with Crippen LogP contribution in [0.25, 0.3) is 6.08 Å². The molecule has 0 saturated carbocycles. The van der Waals surface area contributed by atoms with Gasteiger partial charge in [-0.05, 0) is 52.5 Å². The average molecular weight is 439 g/mol. The molecule has 0 N–H and O–H groups in total. The number of carbonyl (C=O) groups excluding carboxylic acids is 3. The van der Waals surface area contributed by atoms with E-state index in [4.69, 9.17) is 9.47 Å². The molecule has 0 bridgehead atoms. The number of urea groups is 1. The molecule has 1 fully saturated rings. The fourth-order valence-electron chi connectivity index (χ4n) is 2.47. The zero-order valence-electron chi connectivity index (χ0n) is 16.0. The summed E-state index contributed by atoms with van der Waals surface area (Å²) in [7, 11) is 2.68. The Balaban J connectivity index is 2.46. The van der Waals surface area contributed by atoms with E-state index in [1.165, 1.54) is 20.2 Å². The number of carbonyl (C=O) groups is 3. The van der Waals surface area contributed by atoms with Gasteiger partial charge in [0.2, 0.25) is 0 Å². The summed E-state index contributed by atoms with van der Waals surface area (Å²) in [6.45, 7) is 6.90. The van der Waals surface area contributed by atoms with Crippen molar-refractivity contribution in [2.45, 2.75) is 20.8 Å². The lowest BCUT2D eigenvalue weighted by molar-refractivity contribution is -0.134. The molecular weight excluding hydrogens is 416 g/mol. The molecule has 1 aromatic rings. The van der Waals surface area contributed by atoms with Crippen LogP contribution in [0.4, 0.5) is 4.79 Å². The average Bonchev–Trinajstić information content (AvgIpc) is 2.61. The van der Waals surface area contributed by atoms with Gasteiger partial charge >= 0.3 is 6.03 Å². The van der Waals surface area contributed by atoms with Gasteiger partial charge in [0.1, 0.15) is 5.57 Å². The van der Waals surface area contributed by atoms with Crippen LogP contribution >= 0.6 is 15.9 Å². The molecule has 1 heterocycles. The van der Waals surface area contributed by atoms with E-state index in [1.54, 1.807) is 12.1 Å². The van der Waals surface area contributed by atoms with Crippen LogP contribution in [0.2, 0.25) is 0 Å². The van der Waals surface area contributed by atoms with Gasteiger partial charge in [0, 0.05) is 14.1 Å². The third kappa shape index (κ3) is 4.50. The molecule has 8 heteroatoms. The fraction of sp³-hybridized carbons (Fsp3) is 0.421. The number of halogens is 1. The molecule has 1 aliphatic rings. The number of rotatable bonds is 6. The van der Waals surface area contributed by atoms with E-state index in [1.807, 2.05) is 20.8 Å². The normalized spacial score (nSPS) is 14.9. The number of likely N-dealkylation sites (N-methyl/N-ethyl adjacent to an activating group) is 2. The van der Waals surface area contributed by atoms with Gasteiger partial charge in [-0.1, -0.05) is 13.8 Å². The smallest absolute Gasteiger partial charge is 0.333 e. The van der Waals surface area contributed by atoms with Crippen molar-refractivity contribution in [1.82, 2.24) is 9.80 Å². The van der Waals surface area contributed by atoms with Gasteiger partial charge in [-0.25, -0.2) is 4.79 Å². The van der Waals surface area contributed by atoms with Gasteiger partial charge in [0.25, 0.3) is 11.8 Å². The van der Waals surface area contributed by atoms with Gasteiger partial charge in [-0.15, -0.1) is 0 Å². The van der Waals surface area contributed by atoms with Crippen LogP contribution in [0.5, 0.6) is 11.5 Å². The summed E-state index contributed by atoms with van der Waals surface area (Å²) in [5.41, 5.74) is 0.486. The van der Waals surface area contributed by atoms with E-state index in [0.29, 0.717) is 40.7 Å². The minimum Gasteiger partial charge on any atom is -0.490 e. The summed E-state index contributed by atoms with van der Waals surface area (Å²) in [4.78, 5) is 38.4. The maximum absolute atomic E-state index is 12.4. The molecule has 0 aliphatic carbocycles. The first-order valence-electron chi connectivity index (χ1n) is 8.58. The first-order valence-corrected chi connectivity index (χ1v) is 9.37. The Morgan fingerprint density at radius 1 is 1.07 bits per heavy atom. The molecule has 146 valence electrons. The molecule has 0 radical (unpaired) electrons. The highest BCUT2D eigenvalue weighted by Gasteiger charge is 2.37. The molecule has 4 amide bonds. The van der Waals surface area contributed by atoms with Crippen molar-refractivity contribution in [3.8, 4) is 11.5 Å². The SMILES string of the molecule is CCOc1cc(C=C2C(=O)N(C)C(=O)N(C)C2=O)cc(Br)c1OCC(C)C. The van der Waals surface area contributed by atoms with Crippen molar-refractivity contribution in [2.24, 2.45) is 5.92 Å². The number of barbiturate groups is 1. The van der Waals surface area contributed by atoms with Crippen molar-refractivity contribution in [3.05, 3.63) is 27.7 Å². The Hall–Kier alpha value is -2.35. The molecule has 0 atom stereocenters. The minimum absolute atomic E-state index is 0.0928. The Morgan fingerprint density at radius 3 is 2.19 bits per heavy atom. The van der Waals surface area contributed by atoms with Crippen molar-refractivity contribution in [3.63, 3.8) is 0 Å². The third-order valence-electron chi connectivity index (χ3n) is 3.85.